The second-order valence-corrected chi connectivity index (χ2v) is 5.01. The molecule has 5 heteroatoms. The molecule has 0 fully saturated rings. The van der Waals surface area contributed by atoms with Gasteiger partial charge in [0.05, 0.1) is 5.60 Å². The minimum absolute atomic E-state index is 0.152. The minimum atomic E-state index is -0.948. The Kier molecular flexibility index (Phi) is 4.70. The Morgan fingerprint density at radius 3 is 2.75 bits per heavy atom. The second-order valence-electron chi connectivity index (χ2n) is 3.87. The predicted molar refractivity (Wildman–Crippen MR) is 61.4 cm³/mol. The van der Waals surface area contributed by atoms with Crippen LogP contribution in [-0.4, -0.2) is 23.0 Å². The SMILES string of the molecule is CC(O)(CN)CCSc1cc(F)ccc1F. The lowest BCUT2D eigenvalue weighted by Gasteiger charge is -2.20. The zero-order valence-corrected chi connectivity index (χ0v) is 9.86. The van der Waals surface area contributed by atoms with Crippen molar-refractivity contribution in [2.24, 2.45) is 5.73 Å². The maximum Gasteiger partial charge on any atom is 0.136 e. The molecule has 0 spiro atoms. The molecule has 16 heavy (non-hydrogen) atoms. The molecule has 0 bridgehead atoms. The summed E-state index contributed by atoms with van der Waals surface area (Å²) in [5, 5.41) is 9.62. The zero-order chi connectivity index (χ0) is 12.2. The summed E-state index contributed by atoms with van der Waals surface area (Å²) in [6, 6.07) is 3.32. The smallest absolute Gasteiger partial charge is 0.136 e. The highest BCUT2D eigenvalue weighted by atomic mass is 32.2. The Hall–Kier alpha value is -0.650. The minimum Gasteiger partial charge on any atom is -0.389 e. The van der Waals surface area contributed by atoms with Crippen molar-refractivity contribution in [2.75, 3.05) is 12.3 Å². The monoisotopic (exact) mass is 247 g/mol. The Morgan fingerprint density at radius 2 is 2.12 bits per heavy atom. The van der Waals surface area contributed by atoms with Crippen molar-refractivity contribution in [2.45, 2.75) is 23.8 Å². The summed E-state index contributed by atoms with van der Waals surface area (Å²) in [7, 11) is 0. The molecular formula is C11H15F2NOS. The van der Waals surface area contributed by atoms with Crippen LogP contribution in [0.4, 0.5) is 8.78 Å². The van der Waals surface area contributed by atoms with E-state index in [1.807, 2.05) is 0 Å². The number of halogens is 2. The second kappa shape index (κ2) is 5.61. The van der Waals surface area contributed by atoms with Crippen molar-refractivity contribution in [3.8, 4) is 0 Å². The fraction of sp³-hybridized carbons (Fsp3) is 0.455. The fourth-order valence-corrected chi connectivity index (χ4v) is 2.23. The molecular weight excluding hydrogens is 232 g/mol. The molecule has 90 valence electrons. The number of thioether (sulfide) groups is 1. The Morgan fingerprint density at radius 1 is 1.44 bits per heavy atom. The zero-order valence-electron chi connectivity index (χ0n) is 9.04. The molecule has 0 aliphatic rings. The maximum atomic E-state index is 13.2. The molecule has 0 saturated carbocycles. The van der Waals surface area contributed by atoms with E-state index in [4.69, 9.17) is 5.73 Å². The van der Waals surface area contributed by atoms with E-state index in [0.29, 0.717) is 12.2 Å². The van der Waals surface area contributed by atoms with Crippen molar-refractivity contribution in [1.29, 1.82) is 0 Å². The van der Waals surface area contributed by atoms with Gasteiger partial charge in [0.15, 0.2) is 0 Å². The first-order valence-corrected chi connectivity index (χ1v) is 5.93. The molecule has 3 N–H and O–H groups in total. The maximum absolute atomic E-state index is 13.2. The van der Waals surface area contributed by atoms with E-state index in [1.165, 1.54) is 11.8 Å². The third-order valence-electron chi connectivity index (χ3n) is 2.23. The lowest BCUT2D eigenvalue weighted by molar-refractivity contribution is 0.0665. The molecule has 1 rings (SSSR count). The number of benzene rings is 1. The average Bonchev–Trinajstić information content (AvgIpc) is 2.23. The van der Waals surface area contributed by atoms with Crippen LogP contribution in [0.3, 0.4) is 0 Å². The van der Waals surface area contributed by atoms with Crippen LogP contribution in [0.25, 0.3) is 0 Å². The molecule has 0 aliphatic carbocycles. The molecule has 1 aromatic carbocycles. The summed E-state index contributed by atoms with van der Waals surface area (Å²) in [6.07, 6.45) is 0.435. The molecule has 0 aliphatic heterocycles. The van der Waals surface area contributed by atoms with Crippen molar-refractivity contribution in [3.05, 3.63) is 29.8 Å². The first-order valence-electron chi connectivity index (χ1n) is 4.95. The molecule has 0 saturated heterocycles. The molecule has 2 nitrogen and oxygen atoms in total. The van der Waals surface area contributed by atoms with E-state index in [2.05, 4.69) is 0 Å². The number of hydrogen-bond acceptors (Lipinski definition) is 3. The molecule has 1 unspecified atom stereocenters. The van der Waals surface area contributed by atoms with Gasteiger partial charge in [-0.15, -0.1) is 11.8 Å². The van der Waals surface area contributed by atoms with Crippen LogP contribution in [0.5, 0.6) is 0 Å². The number of hydrogen-bond donors (Lipinski definition) is 2. The first-order chi connectivity index (χ1) is 7.44. The van der Waals surface area contributed by atoms with Crippen LogP contribution < -0.4 is 5.73 Å². The van der Waals surface area contributed by atoms with E-state index >= 15 is 0 Å². The van der Waals surface area contributed by atoms with E-state index < -0.39 is 17.2 Å². The van der Waals surface area contributed by atoms with Crippen molar-refractivity contribution >= 4 is 11.8 Å². The van der Waals surface area contributed by atoms with Gasteiger partial charge < -0.3 is 10.8 Å². The molecule has 0 radical (unpaired) electrons. The lowest BCUT2D eigenvalue weighted by atomic mass is 10.1. The molecule has 0 aromatic heterocycles. The van der Waals surface area contributed by atoms with Crippen molar-refractivity contribution < 1.29 is 13.9 Å². The van der Waals surface area contributed by atoms with Crippen LogP contribution in [0, 0.1) is 11.6 Å². The van der Waals surface area contributed by atoms with Gasteiger partial charge in [-0.25, -0.2) is 8.78 Å². The van der Waals surface area contributed by atoms with Crippen LogP contribution in [0.15, 0.2) is 23.1 Å². The Labute approximate surface area is 97.8 Å². The summed E-state index contributed by atoms with van der Waals surface area (Å²) in [4.78, 5) is 0.257. The molecule has 1 atom stereocenters. The highest BCUT2D eigenvalue weighted by Gasteiger charge is 2.17. The van der Waals surface area contributed by atoms with Crippen LogP contribution >= 0.6 is 11.8 Å². The summed E-state index contributed by atoms with van der Waals surface area (Å²) < 4.78 is 26.0. The third-order valence-corrected chi connectivity index (χ3v) is 3.26. The topological polar surface area (TPSA) is 46.2 Å². The number of aliphatic hydroxyl groups is 1. The van der Waals surface area contributed by atoms with Crippen LogP contribution in [-0.2, 0) is 0 Å². The molecule has 0 heterocycles. The van der Waals surface area contributed by atoms with E-state index in [0.717, 1.165) is 18.2 Å². The fourth-order valence-electron chi connectivity index (χ4n) is 1.07. The summed E-state index contributed by atoms with van der Waals surface area (Å²) in [5.74, 6) is -0.418. The molecule has 1 aromatic rings. The van der Waals surface area contributed by atoms with E-state index in [-0.39, 0.29) is 11.4 Å². The van der Waals surface area contributed by atoms with Gasteiger partial charge in [-0.3, -0.25) is 0 Å². The molecule has 0 amide bonds. The normalized spacial score (nSPS) is 14.8. The van der Waals surface area contributed by atoms with Crippen LogP contribution in [0.1, 0.15) is 13.3 Å². The van der Waals surface area contributed by atoms with Gasteiger partial charge in [-0.2, -0.15) is 0 Å². The largest absolute Gasteiger partial charge is 0.389 e. The highest BCUT2D eigenvalue weighted by Crippen LogP contribution is 2.25. The van der Waals surface area contributed by atoms with Crippen molar-refractivity contribution in [3.63, 3.8) is 0 Å². The summed E-state index contributed by atoms with van der Waals surface area (Å²) >= 11 is 1.17. The van der Waals surface area contributed by atoms with Crippen LogP contribution in [0.2, 0.25) is 0 Å². The quantitative estimate of drug-likeness (QED) is 0.784. The number of rotatable bonds is 5. The third kappa shape index (κ3) is 4.08. The lowest BCUT2D eigenvalue weighted by Crippen LogP contribution is -2.34. The van der Waals surface area contributed by atoms with Gasteiger partial charge in [-0.1, -0.05) is 0 Å². The van der Waals surface area contributed by atoms with Gasteiger partial charge >= 0.3 is 0 Å². The van der Waals surface area contributed by atoms with E-state index in [1.54, 1.807) is 6.92 Å². The first kappa shape index (κ1) is 13.4. The highest BCUT2D eigenvalue weighted by molar-refractivity contribution is 7.99. The van der Waals surface area contributed by atoms with Gasteiger partial charge in [-0.05, 0) is 31.5 Å². The van der Waals surface area contributed by atoms with E-state index in [9.17, 15) is 13.9 Å². The van der Waals surface area contributed by atoms with Gasteiger partial charge in [0.2, 0.25) is 0 Å². The van der Waals surface area contributed by atoms with Gasteiger partial charge in [0.1, 0.15) is 11.6 Å². The van der Waals surface area contributed by atoms with Gasteiger partial charge in [0.25, 0.3) is 0 Å². The summed E-state index contributed by atoms with van der Waals surface area (Å²) in [5.41, 5.74) is 4.40. The standard InChI is InChI=1S/C11H15F2NOS/c1-11(15,7-14)4-5-16-10-6-8(12)2-3-9(10)13/h2-3,6,15H,4-5,7,14H2,1H3. The number of nitrogens with two attached hydrogens (primary N) is 1. The average molecular weight is 247 g/mol. The Bertz CT molecular complexity index is 358. The predicted octanol–water partition coefficient (Wildman–Crippen LogP) is 2.16. The summed E-state index contributed by atoms with van der Waals surface area (Å²) in [6.45, 7) is 1.77. The Balaban J connectivity index is 2.52. The van der Waals surface area contributed by atoms with Crippen molar-refractivity contribution in [1.82, 2.24) is 0 Å². The van der Waals surface area contributed by atoms with Gasteiger partial charge in [0, 0.05) is 17.2 Å².